The van der Waals surface area contributed by atoms with Crippen LogP contribution in [0.2, 0.25) is 0 Å². The topological polar surface area (TPSA) is 111 Å². The Hall–Kier alpha value is -2.88. The molecule has 0 bridgehead atoms. The highest BCUT2D eigenvalue weighted by Crippen LogP contribution is 2.28. The molecule has 0 aliphatic heterocycles. The van der Waals surface area contributed by atoms with Crippen molar-refractivity contribution in [2.75, 3.05) is 9.44 Å². The average molecular weight is 522 g/mol. The van der Waals surface area contributed by atoms with E-state index in [1.165, 1.54) is 33.7 Å². The van der Waals surface area contributed by atoms with E-state index in [9.17, 15) is 43.2 Å². The number of nitrogens with one attached hydrogen (secondary N) is 2. The summed E-state index contributed by atoms with van der Waals surface area (Å²) in [6.07, 6.45) is -0.689. The summed E-state index contributed by atoms with van der Waals surface area (Å²) in [4.78, 5) is 0. The molecule has 0 amide bonds. The van der Waals surface area contributed by atoms with E-state index < -0.39 is 37.4 Å². The smallest absolute Gasteiger partial charge is 0.455 e. The maximum Gasteiger partial charge on any atom is 0.516 e. The predicted octanol–water partition coefficient (Wildman–Crippen LogP) is 4.40. The van der Waals surface area contributed by atoms with Crippen molar-refractivity contribution in [1.82, 2.24) is 0 Å². The van der Waals surface area contributed by atoms with Crippen LogP contribution in [0.25, 0.3) is 0 Å². The van der Waals surface area contributed by atoms with Gasteiger partial charge < -0.3 is 9.47 Å². The highest BCUT2D eigenvalue weighted by molar-refractivity contribution is 7.93. The Balaban J connectivity index is 2.02. The fraction of sp³-hybridized carbons (Fsp3) is 0.294. The first kappa shape index (κ1) is 26.4. The van der Waals surface area contributed by atoms with Gasteiger partial charge in [-0.15, -0.1) is 0 Å². The van der Waals surface area contributed by atoms with Crippen LogP contribution in [0.1, 0.15) is 13.3 Å². The summed E-state index contributed by atoms with van der Waals surface area (Å²) < 4.78 is 133. The lowest BCUT2D eigenvalue weighted by Crippen LogP contribution is -2.29. The van der Waals surface area contributed by atoms with Crippen LogP contribution in [0.15, 0.2) is 48.5 Å². The molecule has 184 valence electrons. The van der Waals surface area contributed by atoms with Crippen LogP contribution >= 0.6 is 0 Å². The molecule has 0 fully saturated rings. The van der Waals surface area contributed by atoms with E-state index in [0.29, 0.717) is 0 Å². The lowest BCUT2D eigenvalue weighted by Gasteiger charge is -2.20. The fourth-order valence-electron chi connectivity index (χ4n) is 2.12. The molecule has 2 N–H and O–H groups in total. The molecule has 0 radical (unpaired) electrons. The van der Waals surface area contributed by atoms with Gasteiger partial charge in [-0.25, -0.2) is 0 Å². The Morgan fingerprint density at radius 3 is 1.24 bits per heavy atom. The van der Waals surface area contributed by atoms with Gasteiger partial charge in [0.25, 0.3) is 0 Å². The fourth-order valence-corrected chi connectivity index (χ4v) is 3.25. The summed E-state index contributed by atoms with van der Waals surface area (Å²) >= 11 is 0. The minimum absolute atomic E-state index is 0.117. The second-order valence-electron chi connectivity index (χ2n) is 6.22. The highest BCUT2D eigenvalue weighted by Gasteiger charge is 2.46. The van der Waals surface area contributed by atoms with Gasteiger partial charge in [0.1, 0.15) is 11.5 Å². The van der Waals surface area contributed by atoms with E-state index in [0.717, 1.165) is 24.3 Å². The molecule has 2 aromatic carbocycles. The van der Waals surface area contributed by atoms with Gasteiger partial charge in [-0.3, -0.25) is 9.44 Å². The van der Waals surface area contributed by atoms with Gasteiger partial charge in [0, 0.05) is 17.8 Å². The molecule has 0 aromatic heterocycles. The van der Waals surface area contributed by atoms with Crippen molar-refractivity contribution in [2.24, 2.45) is 0 Å². The summed E-state index contributed by atoms with van der Waals surface area (Å²) in [5, 5.41) is 0. The highest BCUT2D eigenvalue weighted by atomic mass is 32.2. The number of benzene rings is 2. The molecular weight excluding hydrogens is 506 g/mol. The summed E-state index contributed by atoms with van der Waals surface area (Å²) in [6, 6.07) is 8.90. The molecule has 0 aliphatic carbocycles. The van der Waals surface area contributed by atoms with Crippen LogP contribution in [0.3, 0.4) is 0 Å². The molecule has 2 rings (SSSR count). The lowest BCUT2D eigenvalue weighted by molar-refractivity contribution is -0.0435. The van der Waals surface area contributed by atoms with Crippen LogP contribution < -0.4 is 18.9 Å². The van der Waals surface area contributed by atoms with E-state index in [1.807, 2.05) is 0 Å². The zero-order valence-corrected chi connectivity index (χ0v) is 18.1. The Labute approximate surface area is 184 Å². The number of rotatable bonds is 9. The first-order chi connectivity index (χ1) is 15.0. The Kier molecular flexibility index (Phi) is 7.63. The molecular formula is C17H16F6N2O6S2. The van der Waals surface area contributed by atoms with Crippen LogP contribution in [-0.2, 0) is 20.0 Å². The SMILES string of the molecule is CCC(Oc1ccc(NS(=O)(=O)C(F)(F)F)cc1)Oc1ccc(NS(=O)(=O)C(F)(F)F)cc1. The Morgan fingerprint density at radius 1 is 0.697 bits per heavy atom. The van der Waals surface area contributed by atoms with Gasteiger partial charge in [0.15, 0.2) is 0 Å². The maximum absolute atomic E-state index is 12.4. The third-order valence-electron chi connectivity index (χ3n) is 3.69. The first-order valence-electron chi connectivity index (χ1n) is 8.75. The summed E-state index contributed by atoms with van der Waals surface area (Å²) in [7, 11) is -11.2. The number of sulfonamides is 2. The number of halogens is 6. The van der Waals surface area contributed by atoms with Gasteiger partial charge >= 0.3 is 31.1 Å². The largest absolute Gasteiger partial charge is 0.516 e. The number of ether oxygens (including phenoxy) is 2. The summed E-state index contributed by atoms with van der Waals surface area (Å²) in [6.45, 7) is 1.66. The van der Waals surface area contributed by atoms with Crippen LogP contribution in [0, 0.1) is 0 Å². The molecule has 0 saturated carbocycles. The van der Waals surface area contributed by atoms with Crippen LogP contribution in [-0.4, -0.2) is 34.1 Å². The third-order valence-corrected chi connectivity index (χ3v) is 5.92. The van der Waals surface area contributed by atoms with Crippen molar-refractivity contribution in [1.29, 1.82) is 0 Å². The summed E-state index contributed by atoms with van der Waals surface area (Å²) in [5.74, 6) is 0.234. The third kappa shape index (κ3) is 7.05. The second kappa shape index (κ2) is 9.54. The Morgan fingerprint density at radius 2 is 1.00 bits per heavy atom. The van der Waals surface area contributed by atoms with Gasteiger partial charge in [-0.1, -0.05) is 6.92 Å². The molecule has 0 heterocycles. The van der Waals surface area contributed by atoms with Crippen molar-refractivity contribution in [3.05, 3.63) is 48.5 Å². The monoisotopic (exact) mass is 522 g/mol. The molecule has 0 aliphatic rings. The maximum atomic E-state index is 12.4. The Bertz CT molecular complexity index is 1060. The van der Waals surface area contributed by atoms with Crippen molar-refractivity contribution in [3.63, 3.8) is 0 Å². The molecule has 8 nitrogen and oxygen atoms in total. The van der Waals surface area contributed by atoms with E-state index in [2.05, 4.69) is 0 Å². The number of hydrogen-bond donors (Lipinski definition) is 2. The van der Waals surface area contributed by atoms with Crippen LogP contribution in [0.4, 0.5) is 37.7 Å². The lowest BCUT2D eigenvalue weighted by atomic mass is 10.3. The van der Waals surface area contributed by atoms with Crippen molar-refractivity contribution in [3.8, 4) is 11.5 Å². The number of anilines is 2. The quantitative estimate of drug-likeness (QED) is 0.373. The van der Waals surface area contributed by atoms with E-state index in [4.69, 9.17) is 9.47 Å². The van der Waals surface area contributed by atoms with Crippen molar-refractivity contribution >= 4 is 31.4 Å². The molecule has 0 saturated heterocycles. The minimum atomic E-state index is -5.58. The van der Waals surface area contributed by atoms with Gasteiger partial charge in [0.2, 0.25) is 6.29 Å². The van der Waals surface area contributed by atoms with Gasteiger partial charge in [-0.2, -0.15) is 43.2 Å². The zero-order chi connectivity index (χ0) is 25.1. The average Bonchev–Trinajstić information content (AvgIpc) is 2.68. The van der Waals surface area contributed by atoms with Gasteiger partial charge in [-0.05, 0) is 48.5 Å². The predicted molar refractivity (Wildman–Crippen MR) is 105 cm³/mol. The molecule has 0 unspecified atom stereocenters. The molecule has 0 spiro atoms. The minimum Gasteiger partial charge on any atom is -0.455 e. The van der Waals surface area contributed by atoms with E-state index >= 15 is 0 Å². The first-order valence-corrected chi connectivity index (χ1v) is 11.7. The number of hydrogen-bond acceptors (Lipinski definition) is 6. The van der Waals surface area contributed by atoms with E-state index in [1.54, 1.807) is 6.92 Å². The standard InChI is InChI=1S/C17H16F6N2O6S2/c1-2-15(30-13-7-3-11(4-8-13)24-32(26,27)16(18,19)20)31-14-9-5-12(6-10-14)25-33(28,29)17(21,22)23/h3-10,15,24-25H,2H2,1H3. The summed E-state index contributed by atoms with van der Waals surface area (Å²) in [5.41, 5.74) is -11.7. The van der Waals surface area contributed by atoms with Crippen LogP contribution in [0.5, 0.6) is 11.5 Å². The molecule has 16 heteroatoms. The second-order valence-corrected chi connectivity index (χ2v) is 9.57. The van der Waals surface area contributed by atoms with E-state index in [-0.39, 0.29) is 29.3 Å². The number of alkyl halides is 6. The normalized spacial score (nSPS) is 13.0. The zero-order valence-electron chi connectivity index (χ0n) is 16.4. The van der Waals surface area contributed by atoms with Crippen molar-refractivity contribution in [2.45, 2.75) is 30.7 Å². The molecule has 33 heavy (non-hydrogen) atoms. The van der Waals surface area contributed by atoms with Gasteiger partial charge in [0.05, 0.1) is 0 Å². The molecule has 2 aromatic rings. The van der Waals surface area contributed by atoms with Crippen molar-refractivity contribution < 1.29 is 52.7 Å². The molecule has 0 atom stereocenters.